The van der Waals surface area contributed by atoms with Crippen LogP contribution in [0.3, 0.4) is 0 Å². The summed E-state index contributed by atoms with van der Waals surface area (Å²) in [5.74, 6) is 2.16. The molecule has 2 unspecified atom stereocenters. The van der Waals surface area contributed by atoms with Gasteiger partial charge in [0.05, 0.1) is 5.69 Å². The van der Waals surface area contributed by atoms with Crippen molar-refractivity contribution in [3.8, 4) is 0 Å². The molecule has 0 bridgehead atoms. The third kappa shape index (κ3) is 1.79. The van der Waals surface area contributed by atoms with Crippen LogP contribution in [0.15, 0.2) is 6.20 Å². The largest absolute Gasteiger partial charge is 0.351 e. The highest BCUT2D eigenvalue weighted by atomic mass is 15.1. The van der Waals surface area contributed by atoms with Crippen molar-refractivity contribution in [2.45, 2.75) is 51.5 Å². The van der Waals surface area contributed by atoms with Crippen LogP contribution in [0.5, 0.6) is 0 Å². The van der Waals surface area contributed by atoms with E-state index in [-0.39, 0.29) is 0 Å². The maximum Gasteiger partial charge on any atom is 0.223 e. The van der Waals surface area contributed by atoms with E-state index in [1.807, 2.05) is 6.20 Å². The normalized spacial score (nSPS) is 28.6. The number of anilines is 1. The molecule has 0 spiro atoms. The van der Waals surface area contributed by atoms with Crippen molar-refractivity contribution in [3.63, 3.8) is 0 Å². The molecule has 2 atom stereocenters. The lowest BCUT2D eigenvalue weighted by Gasteiger charge is -2.27. The van der Waals surface area contributed by atoms with Crippen LogP contribution in [0.4, 0.5) is 5.95 Å². The molecule has 3 heteroatoms. The Bertz CT molecular complexity index is 398. The van der Waals surface area contributed by atoms with Gasteiger partial charge < -0.3 is 5.32 Å². The molecule has 1 aromatic rings. The van der Waals surface area contributed by atoms with Gasteiger partial charge in [-0.15, -0.1) is 0 Å². The molecule has 3 nitrogen and oxygen atoms in total. The zero-order valence-electron chi connectivity index (χ0n) is 10.0. The summed E-state index contributed by atoms with van der Waals surface area (Å²) < 4.78 is 0. The lowest BCUT2D eigenvalue weighted by Crippen LogP contribution is -2.19. The number of fused-ring (bicyclic) bond motifs is 1. The standard InChI is InChI=1S/C13H19N3/c1-8-3-4-10-7-14-13(15-11-5-6-11)16-12(10)9(8)2/h7-9,11H,3-6H2,1-2H3,(H,14,15,16). The monoisotopic (exact) mass is 217 g/mol. The zero-order valence-corrected chi connectivity index (χ0v) is 10.0. The molecule has 0 aromatic carbocycles. The second-order valence-electron chi connectivity index (χ2n) is 5.33. The Morgan fingerprint density at radius 2 is 2.06 bits per heavy atom. The number of aryl methyl sites for hydroxylation is 1. The minimum Gasteiger partial charge on any atom is -0.351 e. The van der Waals surface area contributed by atoms with E-state index in [0.717, 1.165) is 18.3 Å². The number of hydrogen-bond donors (Lipinski definition) is 1. The third-order valence-electron chi connectivity index (χ3n) is 3.96. The predicted molar refractivity (Wildman–Crippen MR) is 64.6 cm³/mol. The van der Waals surface area contributed by atoms with Gasteiger partial charge in [0, 0.05) is 18.2 Å². The van der Waals surface area contributed by atoms with Crippen LogP contribution < -0.4 is 5.32 Å². The van der Waals surface area contributed by atoms with E-state index in [9.17, 15) is 0 Å². The van der Waals surface area contributed by atoms with Gasteiger partial charge in [0.2, 0.25) is 5.95 Å². The van der Waals surface area contributed by atoms with Crippen molar-refractivity contribution < 1.29 is 0 Å². The van der Waals surface area contributed by atoms with Gasteiger partial charge in [0.15, 0.2) is 0 Å². The van der Waals surface area contributed by atoms with Crippen molar-refractivity contribution in [1.29, 1.82) is 0 Å². The first-order chi connectivity index (χ1) is 7.74. The van der Waals surface area contributed by atoms with Crippen molar-refractivity contribution in [2.24, 2.45) is 5.92 Å². The number of rotatable bonds is 2. The van der Waals surface area contributed by atoms with Gasteiger partial charge in [-0.1, -0.05) is 13.8 Å². The van der Waals surface area contributed by atoms with Crippen LogP contribution in [0.1, 0.15) is 50.3 Å². The van der Waals surface area contributed by atoms with Gasteiger partial charge >= 0.3 is 0 Å². The lowest BCUT2D eigenvalue weighted by molar-refractivity contribution is 0.416. The van der Waals surface area contributed by atoms with E-state index in [1.165, 1.54) is 30.5 Å². The molecule has 1 N–H and O–H groups in total. The van der Waals surface area contributed by atoms with Gasteiger partial charge in [-0.3, -0.25) is 0 Å². The Balaban J connectivity index is 1.89. The number of nitrogens with zero attached hydrogens (tertiary/aromatic N) is 2. The molecule has 1 aromatic heterocycles. The second kappa shape index (κ2) is 3.72. The Labute approximate surface area is 96.7 Å². The predicted octanol–water partition coefficient (Wildman–Crippen LogP) is 2.74. The maximum absolute atomic E-state index is 4.70. The van der Waals surface area contributed by atoms with Crippen LogP contribution in [0, 0.1) is 5.92 Å². The van der Waals surface area contributed by atoms with Crippen molar-refractivity contribution in [2.75, 3.05) is 5.32 Å². The second-order valence-corrected chi connectivity index (χ2v) is 5.33. The van der Waals surface area contributed by atoms with Gasteiger partial charge in [0.25, 0.3) is 0 Å². The summed E-state index contributed by atoms with van der Waals surface area (Å²) in [4.78, 5) is 9.11. The molecular weight excluding hydrogens is 198 g/mol. The summed E-state index contributed by atoms with van der Waals surface area (Å²) in [6, 6.07) is 0.634. The highest BCUT2D eigenvalue weighted by molar-refractivity contribution is 5.35. The summed E-state index contributed by atoms with van der Waals surface area (Å²) in [5.41, 5.74) is 2.63. The summed E-state index contributed by atoms with van der Waals surface area (Å²) in [6.07, 6.45) is 6.98. The number of nitrogens with one attached hydrogen (secondary N) is 1. The van der Waals surface area contributed by atoms with E-state index in [4.69, 9.17) is 4.98 Å². The molecule has 3 rings (SSSR count). The fourth-order valence-electron chi connectivity index (χ4n) is 2.39. The summed E-state index contributed by atoms with van der Waals surface area (Å²) >= 11 is 0. The van der Waals surface area contributed by atoms with Crippen LogP contribution in [-0.2, 0) is 6.42 Å². The molecule has 2 aliphatic carbocycles. The molecule has 0 radical (unpaired) electrons. The Hall–Kier alpha value is -1.12. The SMILES string of the molecule is CC1CCc2cnc(NC3CC3)nc2C1C. The van der Waals surface area contributed by atoms with Gasteiger partial charge in [-0.25, -0.2) is 9.97 Å². The first-order valence-corrected chi connectivity index (χ1v) is 6.36. The quantitative estimate of drug-likeness (QED) is 0.827. The highest BCUT2D eigenvalue weighted by Gasteiger charge is 2.26. The minimum absolute atomic E-state index is 0.575. The van der Waals surface area contributed by atoms with E-state index in [2.05, 4.69) is 24.1 Å². The van der Waals surface area contributed by atoms with Crippen LogP contribution in [0.2, 0.25) is 0 Å². The molecule has 1 fully saturated rings. The molecule has 1 saturated carbocycles. The molecular formula is C13H19N3. The van der Waals surface area contributed by atoms with E-state index >= 15 is 0 Å². The van der Waals surface area contributed by atoms with Crippen molar-refractivity contribution in [1.82, 2.24) is 9.97 Å². The topological polar surface area (TPSA) is 37.8 Å². The maximum atomic E-state index is 4.70. The zero-order chi connectivity index (χ0) is 11.1. The molecule has 1 heterocycles. The van der Waals surface area contributed by atoms with E-state index in [1.54, 1.807) is 0 Å². The van der Waals surface area contributed by atoms with Crippen LogP contribution >= 0.6 is 0 Å². The van der Waals surface area contributed by atoms with Crippen LogP contribution in [0.25, 0.3) is 0 Å². The first kappa shape index (κ1) is 10.1. The lowest BCUT2D eigenvalue weighted by atomic mass is 9.80. The minimum atomic E-state index is 0.575. The van der Waals surface area contributed by atoms with Gasteiger partial charge in [-0.05, 0) is 37.2 Å². The van der Waals surface area contributed by atoms with E-state index in [0.29, 0.717) is 12.0 Å². The Morgan fingerprint density at radius 1 is 1.25 bits per heavy atom. The summed E-state index contributed by atoms with van der Waals surface area (Å²) in [6.45, 7) is 4.61. The Kier molecular flexibility index (Phi) is 2.34. The van der Waals surface area contributed by atoms with Gasteiger partial charge in [0.1, 0.15) is 0 Å². The average molecular weight is 217 g/mol. The van der Waals surface area contributed by atoms with Crippen molar-refractivity contribution >= 4 is 5.95 Å². The Morgan fingerprint density at radius 3 is 2.81 bits per heavy atom. The summed E-state index contributed by atoms with van der Waals surface area (Å²) in [5, 5.41) is 3.38. The fourth-order valence-corrected chi connectivity index (χ4v) is 2.39. The highest BCUT2D eigenvalue weighted by Crippen LogP contribution is 2.34. The van der Waals surface area contributed by atoms with Gasteiger partial charge in [-0.2, -0.15) is 0 Å². The van der Waals surface area contributed by atoms with Crippen LogP contribution in [-0.4, -0.2) is 16.0 Å². The van der Waals surface area contributed by atoms with Crippen molar-refractivity contribution in [3.05, 3.63) is 17.5 Å². The first-order valence-electron chi connectivity index (χ1n) is 6.36. The number of hydrogen-bond acceptors (Lipinski definition) is 3. The molecule has 0 saturated heterocycles. The third-order valence-corrected chi connectivity index (χ3v) is 3.96. The number of aromatic nitrogens is 2. The molecule has 0 aliphatic heterocycles. The smallest absolute Gasteiger partial charge is 0.223 e. The summed E-state index contributed by atoms with van der Waals surface area (Å²) in [7, 11) is 0. The molecule has 0 amide bonds. The molecule has 2 aliphatic rings. The molecule has 86 valence electrons. The van der Waals surface area contributed by atoms with E-state index < -0.39 is 0 Å². The average Bonchev–Trinajstić information content (AvgIpc) is 3.08. The fraction of sp³-hybridized carbons (Fsp3) is 0.692. The molecule has 16 heavy (non-hydrogen) atoms.